The van der Waals surface area contributed by atoms with E-state index >= 15 is 4.79 Å². The lowest BCUT2D eigenvalue weighted by Gasteiger charge is -2.43. The fraction of sp³-hybridized carbons (Fsp3) is 0.651. The van der Waals surface area contributed by atoms with E-state index < -0.39 is 23.6 Å². The molecular weight excluding hydrogens is 702 g/mol. The number of phenols is 1. The predicted molar refractivity (Wildman–Crippen MR) is 210 cm³/mol. The molecule has 294 valence electrons. The highest BCUT2D eigenvalue weighted by molar-refractivity contribution is 6.30. The lowest BCUT2D eigenvalue weighted by Crippen LogP contribution is -2.54. The maximum absolute atomic E-state index is 15.1. The number of hydrogen-bond acceptors (Lipinski definition) is 7. The van der Waals surface area contributed by atoms with E-state index in [2.05, 4.69) is 23.8 Å². The Hall–Kier alpha value is -3.18. The van der Waals surface area contributed by atoms with Crippen molar-refractivity contribution in [2.75, 3.05) is 59.4 Å². The highest BCUT2D eigenvalue weighted by Crippen LogP contribution is 2.43. The first kappa shape index (κ1) is 39.1. The van der Waals surface area contributed by atoms with Crippen LogP contribution < -0.4 is 0 Å². The molecule has 54 heavy (non-hydrogen) atoms. The fourth-order valence-corrected chi connectivity index (χ4v) is 9.91. The summed E-state index contributed by atoms with van der Waals surface area (Å²) in [4.78, 5) is 54.5. The van der Waals surface area contributed by atoms with Gasteiger partial charge in [-0.15, -0.1) is 0 Å². The minimum absolute atomic E-state index is 0.0416. The topological polar surface area (TPSA) is 108 Å². The number of aliphatic hydroxyl groups excluding tert-OH is 1. The molecule has 2 aromatic rings. The fourth-order valence-electron chi connectivity index (χ4n) is 9.79. The van der Waals surface area contributed by atoms with Gasteiger partial charge >= 0.3 is 0 Å². The van der Waals surface area contributed by atoms with Crippen molar-refractivity contribution in [2.24, 2.45) is 23.2 Å². The van der Waals surface area contributed by atoms with Crippen molar-refractivity contribution in [2.45, 2.75) is 95.9 Å². The van der Waals surface area contributed by atoms with E-state index in [-0.39, 0.29) is 59.9 Å². The molecule has 0 aromatic heterocycles. The van der Waals surface area contributed by atoms with Crippen LogP contribution >= 0.6 is 11.6 Å². The van der Waals surface area contributed by atoms with E-state index in [0.717, 1.165) is 63.7 Å². The molecule has 5 fully saturated rings. The van der Waals surface area contributed by atoms with Crippen LogP contribution in [0.1, 0.15) is 87.6 Å². The van der Waals surface area contributed by atoms with Crippen molar-refractivity contribution in [3.05, 3.63) is 64.7 Å². The monoisotopic (exact) mass is 761 g/mol. The average Bonchev–Trinajstić information content (AvgIpc) is 3.76. The van der Waals surface area contributed by atoms with E-state index in [1.54, 1.807) is 28.0 Å². The Kier molecular flexibility index (Phi) is 11.7. The second kappa shape index (κ2) is 16.1. The summed E-state index contributed by atoms with van der Waals surface area (Å²) in [6.07, 6.45) is 5.97. The number of aliphatic hydroxyl groups is 1. The number of carbonyl (C=O) groups is 3. The van der Waals surface area contributed by atoms with E-state index in [0.29, 0.717) is 43.0 Å². The van der Waals surface area contributed by atoms with Crippen LogP contribution in [0.2, 0.25) is 5.02 Å². The van der Waals surface area contributed by atoms with Crippen LogP contribution in [0.5, 0.6) is 5.75 Å². The van der Waals surface area contributed by atoms with Gasteiger partial charge < -0.3 is 29.8 Å². The van der Waals surface area contributed by atoms with Gasteiger partial charge in [0, 0.05) is 74.8 Å². The number of nitrogens with zero attached hydrogens (tertiary/aromatic N) is 5. The molecule has 1 unspecified atom stereocenters. The minimum Gasteiger partial charge on any atom is -0.507 e. The lowest BCUT2D eigenvalue weighted by atomic mass is 9.71. The Morgan fingerprint density at radius 3 is 2.20 bits per heavy atom. The quantitative estimate of drug-likeness (QED) is 0.338. The summed E-state index contributed by atoms with van der Waals surface area (Å²) < 4.78 is 0. The molecule has 2 aromatic carbocycles. The van der Waals surface area contributed by atoms with Crippen LogP contribution in [0, 0.1) is 23.2 Å². The van der Waals surface area contributed by atoms with E-state index in [9.17, 15) is 19.8 Å². The summed E-state index contributed by atoms with van der Waals surface area (Å²) in [5.41, 5.74) is 0.567. The number of rotatable bonds is 10. The molecule has 0 radical (unpaired) electrons. The minimum atomic E-state index is -0.723. The van der Waals surface area contributed by atoms with Gasteiger partial charge in [-0.25, -0.2) is 0 Å². The summed E-state index contributed by atoms with van der Waals surface area (Å²) in [7, 11) is 2.05. The molecule has 11 heteroatoms. The molecule has 2 N–H and O–H groups in total. The zero-order valence-corrected chi connectivity index (χ0v) is 33.3. The number of para-hydroxylation sites is 1. The molecule has 3 heterocycles. The SMILES string of the molecule is CC1CCC(C(O)C(C)(C)CN(C(=O)c2ccccc2O)[C@H]2C[C@@H](C(=O)N3CCN(C)CC3)N(C(=O)[C@@H]3CN(C4CC4)C[C@H]3c3ccc(Cl)cc3)C2)CC1. The van der Waals surface area contributed by atoms with Gasteiger partial charge in [-0.1, -0.05) is 69.5 Å². The van der Waals surface area contributed by atoms with Crippen molar-refractivity contribution < 1.29 is 24.6 Å². The number of hydrogen-bond donors (Lipinski definition) is 2. The van der Waals surface area contributed by atoms with Crippen molar-refractivity contribution >= 4 is 29.3 Å². The highest BCUT2D eigenvalue weighted by atomic mass is 35.5. The normalized spacial score (nSPS) is 29.0. The van der Waals surface area contributed by atoms with Gasteiger partial charge in [-0.2, -0.15) is 0 Å². The van der Waals surface area contributed by atoms with Gasteiger partial charge in [-0.3, -0.25) is 19.3 Å². The molecule has 2 saturated carbocycles. The molecule has 0 spiro atoms. The van der Waals surface area contributed by atoms with Gasteiger partial charge in [0.25, 0.3) is 5.91 Å². The lowest BCUT2D eigenvalue weighted by molar-refractivity contribution is -0.147. The molecule has 2 aliphatic carbocycles. The zero-order valence-electron chi connectivity index (χ0n) is 32.6. The first-order valence-corrected chi connectivity index (χ1v) is 20.7. The molecule has 7 rings (SSSR count). The van der Waals surface area contributed by atoms with Crippen LogP contribution in [0.15, 0.2) is 48.5 Å². The van der Waals surface area contributed by atoms with Crippen molar-refractivity contribution in [3.8, 4) is 5.75 Å². The number of piperazine rings is 1. The van der Waals surface area contributed by atoms with E-state index in [4.69, 9.17) is 11.6 Å². The van der Waals surface area contributed by atoms with Gasteiger partial charge in [-0.05, 0) is 80.8 Å². The second-order valence-corrected chi connectivity index (χ2v) is 18.3. The Balaban J connectivity index is 1.22. The smallest absolute Gasteiger partial charge is 0.257 e. The Morgan fingerprint density at radius 2 is 1.56 bits per heavy atom. The Labute approximate surface area is 326 Å². The van der Waals surface area contributed by atoms with Gasteiger partial charge in [0.05, 0.1) is 23.6 Å². The third-order valence-electron chi connectivity index (χ3n) is 13.4. The van der Waals surface area contributed by atoms with Crippen LogP contribution in [-0.2, 0) is 9.59 Å². The third-order valence-corrected chi connectivity index (χ3v) is 13.7. The summed E-state index contributed by atoms with van der Waals surface area (Å²) in [5, 5.41) is 23.5. The molecule has 3 amide bonds. The standard InChI is InChI=1S/C43H60ClN5O5/c1-28-9-11-30(12-10-28)39(51)43(2,3)27-49(40(52)34-7-5-6-8-38(34)50)33-23-37(42(54)46-21-19-45(4)20-22-46)48(24-33)41(53)36-26-47(32-17-18-32)25-35(36)29-13-15-31(44)16-14-29/h5-8,13-16,28,30,32-33,35-37,39,50-51H,9-12,17-27H2,1-4H3/t28?,30?,33-,35-,36+,37-,39?/m0/s1. The first-order valence-electron chi connectivity index (χ1n) is 20.3. The summed E-state index contributed by atoms with van der Waals surface area (Å²) in [5.74, 6) is -0.183. The number of amides is 3. The number of benzene rings is 2. The molecule has 10 nitrogen and oxygen atoms in total. The van der Waals surface area contributed by atoms with Gasteiger partial charge in [0.1, 0.15) is 11.8 Å². The Bertz CT molecular complexity index is 1650. The predicted octanol–water partition coefficient (Wildman–Crippen LogP) is 5.32. The number of phenolic OH excluding ortho intramolecular Hbond substituents is 1. The maximum Gasteiger partial charge on any atom is 0.257 e. The highest BCUT2D eigenvalue weighted by Gasteiger charge is 2.51. The number of carbonyl (C=O) groups excluding carboxylic acids is 3. The van der Waals surface area contributed by atoms with Gasteiger partial charge in [0.2, 0.25) is 11.8 Å². The zero-order chi connectivity index (χ0) is 38.3. The first-order chi connectivity index (χ1) is 25.8. The van der Waals surface area contributed by atoms with Crippen molar-refractivity contribution in [1.82, 2.24) is 24.5 Å². The van der Waals surface area contributed by atoms with E-state index in [1.807, 2.05) is 43.0 Å². The molecule has 0 bridgehead atoms. The van der Waals surface area contributed by atoms with E-state index in [1.165, 1.54) is 6.07 Å². The van der Waals surface area contributed by atoms with Crippen molar-refractivity contribution in [3.63, 3.8) is 0 Å². The van der Waals surface area contributed by atoms with Crippen LogP contribution in [0.25, 0.3) is 0 Å². The summed E-state index contributed by atoms with van der Waals surface area (Å²) in [6, 6.07) is 13.7. The maximum atomic E-state index is 15.1. The number of halogens is 1. The van der Waals surface area contributed by atoms with Crippen LogP contribution in [-0.4, -0.2) is 136 Å². The largest absolute Gasteiger partial charge is 0.507 e. The van der Waals surface area contributed by atoms with Crippen molar-refractivity contribution in [1.29, 1.82) is 0 Å². The molecular formula is C43H60ClN5O5. The number of likely N-dealkylation sites (N-methyl/N-ethyl adjacent to an activating group) is 1. The number of aromatic hydroxyl groups is 1. The molecule has 5 atom stereocenters. The number of likely N-dealkylation sites (tertiary alicyclic amines) is 2. The second-order valence-electron chi connectivity index (χ2n) is 17.9. The average molecular weight is 762 g/mol. The Morgan fingerprint density at radius 1 is 0.889 bits per heavy atom. The van der Waals surface area contributed by atoms with Crippen LogP contribution in [0.3, 0.4) is 0 Å². The van der Waals surface area contributed by atoms with Crippen LogP contribution in [0.4, 0.5) is 0 Å². The van der Waals surface area contributed by atoms with Gasteiger partial charge in [0.15, 0.2) is 0 Å². The molecule has 3 saturated heterocycles. The molecule has 3 aliphatic heterocycles. The summed E-state index contributed by atoms with van der Waals surface area (Å²) >= 11 is 6.29. The molecule has 5 aliphatic rings. The third kappa shape index (κ3) is 8.32. The summed E-state index contributed by atoms with van der Waals surface area (Å²) in [6.45, 7) is 10.9.